The van der Waals surface area contributed by atoms with E-state index in [1.807, 2.05) is 42.0 Å². The maximum absolute atomic E-state index is 9.68. The molecule has 0 radical (unpaired) electrons. The largest absolute Gasteiger partial charge is 0.378 e. The molecule has 1 aromatic carbocycles. The standard InChI is InChI=1S/C20H20N4O/c1-15-12-23-18(13-22-15)14-24-11-10-21-19(24)17-6-4-16(5-7-17)8-9-20(2,3)25/h4-7,10-13,25H,14H2,1-3H3. The molecule has 0 amide bonds. The zero-order chi connectivity index (χ0) is 17.9. The lowest BCUT2D eigenvalue weighted by Crippen LogP contribution is -2.14. The van der Waals surface area contributed by atoms with Crippen molar-refractivity contribution in [3.8, 4) is 23.2 Å². The molecule has 0 aliphatic rings. The average Bonchev–Trinajstić information content (AvgIpc) is 3.03. The zero-order valence-corrected chi connectivity index (χ0v) is 14.6. The molecule has 126 valence electrons. The maximum atomic E-state index is 9.68. The molecule has 1 N–H and O–H groups in total. The molecule has 3 rings (SSSR count). The minimum absolute atomic E-state index is 0.614. The molecule has 0 aliphatic carbocycles. The molecule has 0 unspecified atom stereocenters. The summed E-state index contributed by atoms with van der Waals surface area (Å²) in [4.78, 5) is 13.1. The molecule has 0 saturated carbocycles. The van der Waals surface area contributed by atoms with Gasteiger partial charge in [-0.05, 0) is 32.9 Å². The summed E-state index contributed by atoms with van der Waals surface area (Å²) in [5, 5.41) is 9.68. The third-order valence-corrected chi connectivity index (χ3v) is 3.54. The molecule has 0 fully saturated rings. The Morgan fingerprint density at radius 3 is 2.48 bits per heavy atom. The van der Waals surface area contributed by atoms with Crippen LogP contribution in [-0.4, -0.2) is 30.2 Å². The van der Waals surface area contributed by atoms with Crippen molar-refractivity contribution in [1.29, 1.82) is 0 Å². The van der Waals surface area contributed by atoms with Gasteiger partial charge in [0, 0.05) is 29.7 Å². The van der Waals surface area contributed by atoms with E-state index in [9.17, 15) is 5.11 Å². The second kappa shape index (κ2) is 6.88. The highest BCUT2D eigenvalue weighted by Crippen LogP contribution is 2.19. The first-order valence-electron chi connectivity index (χ1n) is 8.05. The number of aliphatic hydroxyl groups is 1. The lowest BCUT2D eigenvalue weighted by atomic mass is 10.1. The van der Waals surface area contributed by atoms with Gasteiger partial charge in [0.25, 0.3) is 0 Å². The average molecular weight is 332 g/mol. The van der Waals surface area contributed by atoms with Crippen molar-refractivity contribution in [1.82, 2.24) is 19.5 Å². The van der Waals surface area contributed by atoms with E-state index >= 15 is 0 Å². The van der Waals surface area contributed by atoms with Crippen LogP contribution in [-0.2, 0) is 6.54 Å². The van der Waals surface area contributed by atoms with Gasteiger partial charge in [-0.2, -0.15) is 0 Å². The molecule has 0 aliphatic heterocycles. The molecule has 0 spiro atoms. The fraction of sp³-hybridized carbons (Fsp3) is 0.250. The van der Waals surface area contributed by atoms with E-state index in [0.29, 0.717) is 6.54 Å². The van der Waals surface area contributed by atoms with Gasteiger partial charge in [-0.3, -0.25) is 9.97 Å². The molecule has 25 heavy (non-hydrogen) atoms. The van der Waals surface area contributed by atoms with Gasteiger partial charge in [-0.15, -0.1) is 0 Å². The van der Waals surface area contributed by atoms with Gasteiger partial charge in [0.2, 0.25) is 0 Å². The van der Waals surface area contributed by atoms with Crippen molar-refractivity contribution in [2.45, 2.75) is 32.9 Å². The Kier molecular flexibility index (Phi) is 4.64. The van der Waals surface area contributed by atoms with E-state index in [1.165, 1.54) is 0 Å². The minimum atomic E-state index is -0.996. The third-order valence-electron chi connectivity index (χ3n) is 3.54. The van der Waals surface area contributed by atoms with Crippen LogP contribution in [0.3, 0.4) is 0 Å². The number of imidazole rings is 1. The molecule has 5 nitrogen and oxygen atoms in total. The minimum Gasteiger partial charge on any atom is -0.378 e. The number of hydrogen-bond donors (Lipinski definition) is 1. The Labute approximate surface area is 147 Å². The lowest BCUT2D eigenvalue weighted by molar-refractivity contribution is 0.143. The SMILES string of the molecule is Cc1cnc(Cn2ccnc2-c2ccc(C#CC(C)(C)O)cc2)cn1. The summed E-state index contributed by atoms with van der Waals surface area (Å²) in [6, 6.07) is 7.82. The van der Waals surface area contributed by atoms with Gasteiger partial charge in [-0.1, -0.05) is 24.0 Å². The fourth-order valence-electron chi connectivity index (χ4n) is 2.30. The van der Waals surface area contributed by atoms with Crippen LogP contribution in [0.5, 0.6) is 0 Å². The number of aromatic nitrogens is 4. The Morgan fingerprint density at radius 2 is 1.84 bits per heavy atom. The van der Waals surface area contributed by atoms with Crippen LogP contribution in [0.2, 0.25) is 0 Å². The van der Waals surface area contributed by atoms with Crippen molar-refractivity contribution in [3.05, 3.63) is 66.0 Å². The van der Waals surface area contributed by atoms with Crippen LogP contribution in [0.4, 0.5) is 0 Å². The number of hydrogen-bond acceptors (Lipinski definition) is 4. The lowest BCUT2D eigenvalue weighted by Gasteiger charge is -2.08. The molecular weight excluding hydrogens is 312 g/mol. The summed E-state index contributed by atoms with van der Waals surface area (Å²) in [5.41, 5.74) is 2.64. The Morgan fingerprint density at radius 1 is 1.08 bits per heavy atom. The molecule has 2 heterocycles. The van der Waals surface area contributed by atoms with E-state index < -0.39 is 5.60 Å². The zero-order valence-electron chi connectivity index (χ0n) is 14.6. The van der Waals surface area contributed by atoms with Gasteiger partial charge >= 0.3 is 0 Å². The second-order valence-electron chi connectivity index (χ2n) is 6.41. The van der Waals surface area contributed by atoms with Crippen LogP contribution in [0.1, 0.15) is 30.8 Å². The van der Waals surface area contributed by atoms with E-state index in [1.54, 1.807) is 32.4 Å². The number of benzene rings is 1. The molecule has 2 aromatic heterocycles. The first-order valence-corrected chi connectivity index (χ1v) is 8.05. The maximum Gasteiger partial charge on any atom is 0.140 e. The van der Waals surface area contributed by atoms with Gasteiger partial charge in [0.1, 0.15) is 11.4 Å². The van der Waals surface area contributed by atoms with Crippen molar-refractivity contribution in [3.63, 3.8) is 0 Å². The molecule has 0 saturated heterocycles. The topological polar surface area (TPSA) is 63.8 Å². The van der Waals surface area contributed by atoms with E-state index in [-0.39, 0.29) is 0 Å². The van der Waals surface area contributed by atoms with Gasteiger partial charge < -0.3 is 9.67 Å². The first kappa shape index (κ1) is 16.9. The van der Waals surface area contributed by atoms with Gasteiger partial charge in [-0.25, -0.2) is 4.98 Å². The summed E-state index contributed by atoms with van der Waals surface area (Å²) in [7, 11) is 0. The highest BCUT2D eigenvalue weighted by molar-refractivity contribution is 5.57. The number of aryl methyl sites for hydroxylation is 1. The monoisotopic (exact) mass is 332 g/mol. The normalized spacial score (nSPS) is 11.0. The summed E-state index contributed by atoms with van der Waals surface area (Å²) >= 11 is 0. The van der Waals surface area contributed by atoms with Crippen LogP contribution in [0.25, 0.3) is 11.4 Å². The molecular formula is C20H20N4O. The first-order chi connectivity index (χ1) is 11.9. The second-order valence-corrected chi connectivity index (χ2v) is 6.41. The quantitative estimate of drug-likeness (QED) is 0.749. The van der Waals surface area contributed by atoms with Gasteiger partial charge in [0.05, 0.1) is 24.1 Å². The Bertz CT molecular complexity index is 907. The van der Waals surface area contributed by atoms with Crippen LogP contribution >= 0.6 is 0 Å². The highest BCUT2D eigenvalue weighted by Gasteiger charge is 2.08. The predicted octanol–water partition coefficient (Wildman–Crippen LogP) is 2.82. The predicted molar refractivity (Wildman–Crippen MR) is 96.7 cm³/mol. The van der Waals surface area contributed by atoms with Crippen LogP contribution < -0.4 is 0 Å². The summed E-state index contributed by atoms with van der Waals surface area (Å²) in [6.07, 6.45) is 7.26. The van der Waals surface area contributed by atoms with E-state index in [4.69, 9.17) is 0 Å². The summed E-state index contributed by atoms with van der Waals surface area (Å²) < 4.78 is 2.04. The van der Waals surface area contributed by atoms with Crippen molar-refractivity contribution >= 4 is 0 Å². The number of rotatable bonds is 3. The fourth-order valence-corrected chi connectivity index (χ4v) is 2.30. The number of nitrogens with zero attached hydrogens (tertiary/aromatic N) is 4. The summed E-state index contributed by atoms with van der Waals surface area (Å²) in [6.45, 7) is 5.86. The van der Waals surface area contributed by atoms with Crippen LogP contribution in [0.15, 0.2) is 49.1 Å². The molecule has 0 atom stereocenters. The van der Waals surface area contributed by atoms with Crippen LogP contribution in [0, 0.1) is 18.8 Å². The molecule has 5 heteroatoms. The van der Waals surface area contributed by atoms with E-state index in [2.05, 4.69) is 26.8 Å². The Hall–Kier alpha value is -2.97. The summed E-state index contributed by atoms with van der Waals surface area (Å²) in [5.74, 6) is 6.65. The smallest absolute Gasteiger partial charge is 0.140 e. The molecule has 3 aromatic rings. The highest BCUT2D eigenvalue weighted by atomic mass is 16.3. The van der Waals surface area contributed by atoms with Gasteiger partial charge in [0.15, 0.2) is 0 Å². The van der Waals surface area contributed by atoms with Crippen molar-refractivity contribution in [2.24, 2.45) is 0 Å². The molecule has 0 bridgehead atoms. The van der Waals surface area contributed by atoms with Crippen molar-refractivity contribution in [2.75, 3.05) is 0 Å². The third kappa shape index (κ3) is 4.52. The van der Waals surface area contributed by atoms with E-state index in [0.717, 1.165) is 28.3 Å². The Balaban J connectivity index is 1.82. The van der Waals surface area contributed by atoms with Crippen molar-refractivity contribution < 1.29 is 5.11 Å².